The average Bonchev–Trinajstić information content (AvgIpc) is 2.80. The lowest BCUT2D eigenvalue weighted by atomic mass is 10.0. The molecule has 1 rings (SSSR count). The highest BCUT2D eigenvalue weighted by Crippen LogP contribution is 2.17. The number of hydrogen-bond acceptors (Lipinski definition) is 3. The highest BCUT2D eigenvalue weighted by Gasteiger charge is 2.18. The maximum atomic E-state index is 12.2. The van der Waals surface area contributed by atoms with Gasteiger partial charge in [0.15, 0.2) is 0 Å². The molecule has 0 aromatic heterocycles. The fourth-order valence-electron chi connectivity index (χ4n) is 3.76. The molecule has 0 aliphatic rings. The third-order valence-corrected chi connectivity index (χ3v) is 7.42. The molecule has 0 saturated heterocycles. The van der Waals surface area contributed by atoms with Crippen LogP contribution in [-0.2, 0) is 4.74 Å². The first-order valence-corrected chi connectivity index (χ1v) is 15.0. The van der Waals surface area contributed by atoms with E-state index in [-0.39, 0.29) is 15.1 Å². The van der Waals surface area contributed by atoms with Crippen LogP contribution in [0, 0.1) is 0 Å². The Morgan fingerprint density at radius 1 is 0.750 bits per heavy atom. The number of ether oxygens (including phenoxy) is 1. The van der Waals surface area contributed by atoms with Gasteiger partial charge in [0.2, 0.25) is 0 Å². The van der Waals surface area contributed by atoms with E-state index in [1.165, 1.54) is 100 Å². The van der Waals surface area contributed by atoms with E-state index in [1.54, 1.807) is 12.1 Å². The van der Waals surface area contributed by atoms with E-state index in [1.807, 2.05) is 0 Å². The summed E-state index contributed by atoms with van der Waals surface area (Å²) in [5.41, 5.74) is 0.111. The standard InChI is InChI=1S/C26H40I2O4/c27-20-16-12-10-8-6-4-2-1-3-5-7-9-11-13-17-22(28)21-32-26(31)24-19-15-14-18-23(24)25(29)30/h14-15,18-19,22H,1-13,16-17,20-21H2,(H,29,30). The summed E-state index contributed by atoms with van der Waals surface area (Å²) in [6.45, 7) is 0.325. The molecule has 32 heavy (non-hydrogen) atoms. The van der Waals surface area contributed by atoms with E-state index >= 15 is 0 Å². The Balaban J connectivity index is 1.95. The lowest BCUT2D eigenvalue weighted by molar-refractivity contribution is 0.0497. The van der Waals surface area contributed by atoms with E-state index in [9.17, 15) is 14.7 Å². The van der Waals surface area contributed by atoms with E-state index in [2.05, 4.69) is 45.2 Å². The largest absolute Gasteiger partial charge is 0.478 e. The second-order valence-corrected chi connectivity index (χ2v) is 11.3. The maximum Gasteiger partial charge on any atom is 0.339 e. The predicted molar refractivity (Wildman–Crippen MR) is 150 cm³/mol. The fourth-order valence-corrected chi connectivity index (χ4v) is 4.92. The number of hydrogen-bond donors (Lipinski definition) is 1. The number of unbranched alkanes of at least 4 members (excludes halogenated alkanes) is 13. The van der Waals surface area contributed by atoms with Gasteiger partial charge in [0.05, 0.1) is 11.1 Å². The van der Waals surface area contributed by atoms with Crippen LogP contribution < -0.4 is 0 Å². The van der Waals surface area contributed by atoms with Crippen LogP contribution in [0.1, 0.15) is 117 Å². The van der Waals surface area contributed by atoms with Crippen LogP contribution in [0.3, 0.4) is 0 Å². The van der Waals surface area contributed by atoms with Gasteiger partial charge in [-0.3, -0.25) is 0 Å². The van der Waals surface area contributed by atoms with Crippen molar-refractivity contribution < 1.29 is 19.4 Å². The van der Waals surface area contributed by atoms with Crippen LogP contribution in [0.2, 0.25) is 0 Å². The number of halogens is 2. The van der Waals surface area contributed by atoms with E-state index in [0.29, 0.717) is 6.61 Å². The highest BCUT2D eigenvalue weighted by molar-refractivity contribution is 14.1. The molecule has 0 spiro atoms. The average molecular weight is 670 g/mol. The first kappa shape index (κ1) is 29.7. The van der Waals surface area contributed by atoms with Crippen molar-refractivity contribution in [3.8, 4) is 0 Å². The number of carboxylic acid groups (broad SMARTS) is 1. The first-order chi connectivity index (χ1) is 15.6. The quantitative estimate of drug-likeness (QED) is 0.0654. The Bertz CT molecular complexity index is 636. The minimum atomic E-state index is -1.11. The van der Waals surface area contributed by atoms with Crippen molar-refractivity contribution in [3.63, 3.8) is 0 Å². The van der Waals surface area contributed by atoms with Crippen molar-refractivity contribution in [1.82, 2.24) is 0 Å². The molecule has 1 atom stereocenters. The SMILES string of the molecule is O=C(O)c1ccccc1C(=O)OCC(I)CCCCCCCCCCCCCCCCI. The van der Waals surface area contributed by atoms with Crippen LogP contribution in [0.5, 0.6) is 0 Å². The van der Waals surface area contributed by atoms with Gasteiger partial charge < -0.3 is 9.84 Å². The van der Waals surface area contributed by atoms with Crippen LogP contribution >= 0.6 is 45.2 Å². The number of carbonyl (C=O) groups excluding carboxylic acids is 1. The number of rotatable bonds is 20. The molecule has 0 bridgehead atoms. The van der Waals surface area contributed by atoms with E-state index in [4.69, 9.17) is 4.74 Å². The van der Waals surface area contributed by atoms with Gasteiger partial charge in [0.25, 0.3) is 0 Å². The molecule has 1 N–H and O–H groups in total. The molecule has 6 heteroatoms. The van der Waals surface area contributed by atoms with Gasteiger partial charge in [-0.25, -0.2) is 9.59 Å². The van der Waals surface area contributed by atoms with Crippen molar-refractivity contribution in [2.45, 2.75) is 100 Å². The molecule has 4 nitrogen and oxygen atoms in total. The Kier molecular flexibility index (Phi) is 18.6. The first-order valence-electron chi connectivity index (χ1n) is 12.3. The smallest absolute Gasteiger partial charge is 0.339 e. The number of carbonyl (C=O) groups is 2. The number of esters is 1. The summed E-state index contributed by atoms with van der Waals surface area (Å²) >= 11 is 4.79. The summed E-state index contributed by atoms with van der Waals surface area (Å²) in [5, 5.41) is 9.18. The molecule has 1 aromatic rings. The normalized spacial score (nSPS) is 11.9. The second kappa shape index (κ2) is 20.0. The third-order valence-electron chi connectivity index (χ3n) is 5.67. The van der Waals surface area contributed by atoms with Gasteiger partial charge >= 0.3 is 11.9 Å². The zero-order chi connectivity index (χ0) is 23.4. The number of aromatic carboxylic acids is 1. The molecule has 182 valence electrons. The monoisotopic (exact) mass is 670 g/mol. The molecule has 0 heterocycles. The Morgan fingerprint density at radius 3 is 1.66 bits per heavy atom. The number of alkyl halides is 2. The molecule has 1 unspecified atom stereocenters. The number of carboxylic acids is 1. The van der Waals surface area contributed by atoms with Crippen molar-refractivity contribution >= 4 is 57.1 Å². The molecular formula is C26H40I2O4. The van der Waals surface area contributed by atoms with Gasteiger partial charge in [-0.15, -0.1) is 0 Å². The van der Waals surface area contributed by atoms with Crippen molar-refractivity contribution in [2.24, 2.45) is 0 Å². The van der Waals surface area contributed by atoms with Gasteiger partial charge in [-0.05, 0) is 29.4 Å². The minimum absolute atomic E-state index is 0.00956. The topological polar surface area (TPSA) is 63.6 Å². The summed E-state index contributed by atoms with van der Waals surface area (Å²) in [6, 6.07) is 6.19. The van der Waals surface area contributed by atoms with Gasteiger partial charge in [0, 0.05) is 3.92 Å². The van der Waals surface area contributed by atoms with E-state index < -0.39 is 11.9 Å². The molecule has 1 aromatic carbocycles. The zero-order valence-corrected chi connectivity index (χ0v) is 23.7. The molecule has 0 fully saturated rings. The summed E-state index contributed by atoms with van der Waals surface area (Å²) in [4.78, 5) is 23.4. The lowest BCUT2D eigenvalue weighted by Gasteiger charge is -2.11. The summed E-state index contributed by atoms with van der Waals surface area (Å²) < 4.78 is 6.91. The second-order valence-electron chi connectivity index (χ2n) is 8.47. The third kappa shape index (κ3) is 14.7. The van der Waals surface area contributed by atoms with Crippen molar-refractivity contribution in [3.05, 3.63) is 35.4 Å². The minimum Gasteiger partial charge on any atom is -0.478 e. The molecule has 0 aliphatic heterocycles. The van der Waals surface area contributed by atoms with Crippen LogP contribution in [0.15, 0.2) is 24.3 Å². The van der Waals surface area contributed by atoms with Gasteiger partial charge in [-0.2, -0.15) is 0 Å². The van der Waals surface area contributed by atoms with Crippen LogP contribution in [-0.4, -0.2) is 32.0 Å². The Hall–Kier alpha value is -0.380. The van der Waals surface area contributed by atoms with Crippen LogP contribution in [0.25, 0.3) is 0 Å². The molecule has 0 amide bonds. The molecule has 0 aliphatic carbocycles. The molecular weight excluding hydrogens is 630 g/mol. The highest BCUT2D eigenvalue weighted by atomic mass is 127. The number of benzene rings is 1. The predicted octanol–water partition coefficient (Wildman–Crippen LogP) is 8.63. The Labute approximate surface area is 221 Å². The zero-order valence-electron chi connectivity index (χ0n) is 19.3. The van der Waals surface area contributed by atoms with Gasteiger partial charge in [0.1, 0.15) is 6.61 Å². The van der Waals surface area contributed by atoms with Crippen molar-refractivity contribution in [2.75, 3.05) is 11.0 Å². The Morgan fingerprint density at radius 2 is 1.19 bits per heavy atom. The summed E-state index contributed by atoms with van der Waals surface area (Å²) in [5.74, 6) is -1.66. The van der Waals surface area contributed by atoms with E-state index in [0.717, 1.165) is 12.8 Å². The van der Waals surface area contributed by atoms with Crippen molar-refractivity contribution in [1.29, 1.82) is 0 Å². The lowest BCUT2D eigenvalue weighted by Crippen LogP contribution is -2.16. The summed E-state index contributed by atoms with van der Waals surface area (Å²) in [6.07, 6.45) is 20.0. The van der Waals surface area contributed by atoms with Crippen LogP contribution in [0.4, 0.5) is 0 Å². The molecule has 0 saturated carbocycles. The summed E-state index contributed by atoms with van der Waals surface area (Å²) in [7, 11) is 0. The fraction of sp³-hybridized carbons (Fsp3) is 0.692. The maximum absolute atomic E-state index is 12.2. The molecule has 0 radical (unpaired) electrons. The van der Waals surface area contributed by atoms with Gasteiger partial charge in [-0.1, -0.05) is 141 Å².